The van der Waals surface area contributed by atoms with E-state index in [0.29, 0.717) is 21.3 Å². The van der Waals surface area contributed by atoms with Crippen LogP contribution >= 0.6 is 23.2 Å². The van der Waals surface area contributed by atoms with Gasteiger partial charge >= 0.3 is 0 Å². The lowest BCUT2D eigenvalue weighted by atomic mass is 10.1. The third kappa shape index (κ3) is 7.14. The Labute approximate surface area is 223 Å². The fraction of sp³-hybridized carbons (Fsp3) is 0.462. The van der Waals surface area contributed by atoms with Crippen LogP contribution in [-0.2, 0) is 26.2 Å². The molecule has 1 atom stereocenters. The van der Waals surface area contributed by atoms with Gasteiger partial charge in [-0.1, -0.05) is 48.2 Å². The van der Waals surface area contributed by atoms with Crippen molar-refractivity contribution in [2.75, 3.05) is 17.1 Å². The molecule has 0 spiro atoms. The number of carbonyl (C=O) groups is 2. The molecule has 0 heterocycles. The van der Waals surface area contributed by atoms with Gasteiger partial charge < -0.3 is 10.2 Å². The van der Waals surface area contributed by atoms with Gasteiger partial charge in [-0.05, 0) is 69.0 Å². The quantitative estimate of drug-likeness (QED) is 0.480. The van der Waals surface area contributed by atoms with Crippen LogP contribution in [0, 0.1) is 13.8 Å². The Morgan fingerprint density at radius 1 is 1.06 bits per heavy atom. The largest absolute Gasteiger partial charge is 0.352 e. The highest BCUT2D eigenvalue weighted by molar-refractivity contribution is 7.92. The number of hydrogen-bond acceptors (Lipinski definition) is 4. The standard InChI is InChI=1S/C26H33Cl2N3O4S/c1-17-12-18(2)14-21(13-17)31(36(4,34)35)16-25(32)30(15-22-23(27)10-7-11-24(22)28)19(3)26(33)29-20-8-5-6-9-20/h7,10-14,19-20H,5-6,8-9,15-16H2,1-4H3,(H,29,33). The predicted octanol–water partition coefficient (Wildman–Crippen LogP) is 4.85. The smallest absolute Gasteiger partial charge is 0.244 e. The average molecular weight is 555 g/mol. The molecule has 1 saturated carbocycles. The first-order chi connectivity index (χ1) is 16.9. The van der Waals surface area contributed by atoms with Crippen molar-refractivity contribution in [2.24, 2.45) is 0 Å². The lowest BCUT2D eigenvalue weighted by molar-refractivity contribution is -0.139. The summed E-state index contributed by atoms with van der Waals surface area (Å²) in [6.07, 6.45) is 4.96. The van der Waals surface area contributed by atoms with Gasteiger partial charge in [0.1, 0.15) is 12.6 Å². The van der Waals surface area contributed by atoms with Crippen molar-refractivity contribution in [1.82, 2.24) is 10.2 Å². The number of nitrogens with one attached hydrogen (secondary N) is 1. The lowest BCUT2D eigenvalue weighted by Crippen LogP contribution is -2.52. The molecule has 1 N–H and O–H groups in total. The molecule has 0 bridgehead atoms. The van der Waals surface area contributed by atoms with Crippen molar-refractivity contribution in [1.29, 1.82) is 0 Å². The van der Waals surface area contributed by atoms with Crippen LogP contribution in [-0.4, -0.2) is 50.0 Å². The molecule has 0 aliphatic heterocycles. The highest BCUT2D eigenvalue weighted by Crippen LogP contribution is 2.28. The summed E-state index contributed by atoms with van der Waals surface area (Å²) in [6.45, 7) is 4.85. The molecule has 0 aromatic heterocycles. The highest BCUT2D eigenvalue weighted by Gasteiger charge is 2.32. The van der Waals surface area contributed by atoms with Crippen LogP contribution in [0.2, 0.25) is 10.0 Å². The zero-order chi connectivity index (χ0) is 26.6. The van der Waals surface area contributed by atoms with E-state index in [9.17, 15) is 18.0 Å². The number of nitrogens with zero attached hydrogens (tertiary/aromatic N) is 2. The molecule has 10 heteroatoms. The van der Waals surface area contributed by atoms with E-state index in [0.717, 1.165) is 47.4 Å². The summed E-state index contributed by atoms with van der Waals surface area (Å²) in [5, 5.41) is 3.75. The first-order valence-electron chi connectivity index (χ1n) is 12.0. The molecule has 1 aliphatic rings. The molecule has 1 fully saturated rings. The maximum atomic E-state index is 13.7. The van der Waals surface area contributed by atoms with Crippen LogP contribution in [0.15, 0.2) is 36.4 Å². The number of halogens is 2. The molecule has 2 aromatic rings. The van der Waals surface area contributed by atoms with Crippen LogP contribution in [0.1, 0.15) is 49.3 Å². The van der Waals surface area contributed by atoms with E-state index in [4.69, 9.17) is 23.2 Å². The minimum absolute atomic E-state index is 0.0406. The molecule has 196 valence electrons. The summed E-state index contributed by atoms with van der Waals surface area (Å²) in [7, 11) is -3.80. The van der Waals surface area contributed by atoms with Crippen LogP contribution in [0.5, 0.6) is 0 Å². The number of carbonyl (C=O) groups excluding carboxylic acids is 2. The van der Waals surface area contributed by atoms with Gasteiger partial charge in [0.25, 0.3) is 0 Å². The van der Waals surface area contributed by atoms with Gasteiger partial charge in [-0.15, -0.1) is 0 Å². The fourth-order valence-electron chi connectivity index (χ4n) is 4.54. The van der Waals surface area contributed by atoms with Crippen molar-refractivity contribution in [3.05, 3.63) is 63.1 Å². The second-order valence-electron chi connectivity index (χ2n) is 9.50. The van der Waals surface area contributed by atoms with Gasteiger partial charge in [0, 0.05) is 28.2 Å². The summed E-state index contributed by atoms with van der Waals surface area (Å²) in [5.74, 6) is -0.833. The van der Waals surface area contributed by atoms with Gasteiger partial charge in [-0.2, -0.15) is 0 Å². The van der Waals surface area contributed by atoms with Gasteiger partial charge in [-0.3, -0.25) is 13.9 Å². The summed E-state index contributed by atoms with van der Waals surface area (Å²) in [4.78, 5) is 28.2. The van der Waals surface area contributed by atoms with E-state index in [2.05, 4.69) is 5.32 Å². The van der Waals surface area contributed by atoms with Crippen molar-refractivity contribution < 1.29 is 18.0 Å². The Balaban J connectivity index is 1.95. The zero-order valence-electron chi connectivity index (χ0n) is 21.1. The number of anilines is 1. The molecule has 2 amide bonds. The number of aryl methyl sites for hydroxylation is 2. The summed E-state index contributed by atoms with van der Waals surface area (Å²) in [6, 6.07) is 9.57. The maximum Gasteiger partial charge on any atom is 0.244 e. The van der Waals surface area contributed by atoms with Crippen molar-refractivity contribution in [2.45, 2.75) is 65.1 Å². The predicted molar refractivity (Wildman–Crippen MR) is 145 cm³/mol. The molecule has 0 radical (unpaired) electrons. The van der Waals surface area contributed by atoms with Gasteiger partial charge in [0.15, 0.2) is 0 Å². The number of hydrogen-bond donors (Lipinski definition) is 1. The molecule has 2 aromatic carbocycles. The molecule has 0 saturated heterocycles. The van der Waals surface area contributed by atoms with Gasteiger partial charge in [0.05, 0.1) is 11.9 Å². The molecule has 1 unspecified atom stereocenters. The average Bonchev–Trinajstić information content (AvgIpc) is 3.28. The van der Waals surface area contributed by atoms with Crippen LogP contribution in [0.3, 0.4) is 0 Å². The minimum Gasteiger partial charge on any atom is -0.352 e. The number of sulfonamides is 1. The minimum atomic E-state index is -3.80. The number of benzene rings is 2. The van der Waals surface area contributed by atoms with E-state index in [1.54, 1.807) is 37.3 Å². The fourth-order valence-corrected chi connectivity index (χ4v) is 5.89. The third-order valence-electron chi connectivity index (χ3n) is 6.43. The second kappa shape index (κ2) is 11.8. The first kappa shape index (κ1) is 28.3. The highest BCUT2D eigenvalue weighted by atomic mass is 35.5. The van der Waals surface area contributed by atoms with Crippen molar-refractivity contribution in [3.63, 3.8) is 0 Å². The Morgan fingerprint density at radius 3 is 2.14 bits per heavy atom. The van der Waals surface area contributed by atoms with E-state index in [-0.39, 0.29) is 18.5 Å². The Kier molecular flexibility index (Phi) is 9.30. The SMILES string of the molecule is Cc1cc(C)cc(N(CC(=O)N(Cc2c(Cl)cccc2Cl)C(C)C(=O)NC2CCCC2)S(C)(=O)=O)c1. The van der Waals surface area contributed by atoms with E-state index in [1.165, 1.54) is 4.90 Å². The van der Waals surface area contributed by atoms with Gasteiger partial charge in [0.2, 0.25) is 21.8 Å². The van der Waals surface area contributed by atoms with Crippen molar-refractivity contribution in [3.8, 4) is 0 Å². The molecule has 7 nitrogen and oxygen atoms in total. The summed E-state index contributed by atoms with van der Waals surface area (Å²) >= 11 is 12.8. The van der Waals surface area contributed by atoms with E-state index < -0.39 is 28.5 Å². The number of rotatable bonds is 9. The molecule has 1 aliphatic carbocycles. The second-order valence-corrected chi connectivity index (χ2v) is 12.2. The molecular weight excluding hydrogens is 521 g/mol. The molecule has 3 rings (SSSR count). The summed E-state index contributed by atoms with van der Waals surface area (Å²) in [5.41, 5.74) is 2.62. The van der Waals surface area contributed by atoms with Crippen molar-refractivity contribution >= 4 is 50.7 Å². The monoisotopic (exact) mass is 553 g/mol. The Morgan fingerprint density at radius 2 is 1.61 bits per heavy atom. The number of amides is 2. The first-order valence-corrected chi connectivity index (χ1v) is 14.6. The van der Waals surface area contributed by atoms with E-state index in [1.807, 2.05) is 19.9 Å². The van der Waals surface area contributed by atoms with Crippen LogP contribution < -0.4 is 9.62 Å². The molecular formula is C26H33Cl2N3O4S. The zero-order valence-corrected chi connectivity index (χ0v) is 23.4. The van der Waals surface area contributed by atoms with Gasteiger partial charge in [-0.25, -0.2) is 8.42 Å². The Bertz CT molecular complexity index is 1190. The lowest BCUT2D eigenvalue weighted by Gasteiger charge is -2.32. The maximum absolute atomic E-state index is 13.7. The normalized spacial score (nSPS) is 14.9. The topological polar surface area (TPSA) is 86.8 Å². The molecule has 36 heavy (non-hydrogen) atoms. The van der Waals surface area contributed by atoms with E-state index >= 15 is 0 Å². The Hall–Kier alpha value is -2.29. The van der Waals surface area contributed by atoms with Crippen LogP contribution in [0.25, 0.3) is 0 Å². The third-order valence-corrected chi connectivity index (χ3v) is 8.28. The summed E-state index contributed by atoms with van der Waals surface area (Å²) < 4.78 is 26.6. The van der Waals surface area contributed by atoms with Crippen LogP contribution in [0.4, 0.5) is 5.69 Å².